The van der Waals surface area contributed by atoms with Crippen molar-refractivity contribution in [3.63, 3.8) is 0 Å². The van der Waals surface area contributed by atoms with Gasteiger partial charge in [-0.05, 0) is 37.1 Å². The molecule has 8 heteroatoms. The number of aromatic amines is 2. The summed E-state index contributed by atoms with van der Waals surface area (Å²) in [6, 6.07) is 15.2. The summed E-state index contributed by atoms with van der Waals surface area (Å²) in [5.74, 6) is 2.31. The highest BCUT2D eigenvalue weighted by Crippen LogP contribution is 2.19. The van der Waals surface area contributed by atoms with Crippen LogP contribution in [0.4, 0.5) is 0 Å². The van der Waals surface area contributed by atoms with E-state index in [1.54, 1.807) is 0 Å². The van der Waals surface area contributed by atoms with Crippen LogP contribution in [0.2, 0.25) is 0 Å². The predicted molar refractivity (Wildman–Crippen MR) is 120 cm³/mol. The molecule has 29 heavy (non-hydrogen) atoms. The number of carbonyl (C=O) groups is 2. The molecule has 0 aliphatic rings. The summed E-state index contributed by atoms with van der Waals surface area (Å²) >= 11 is 2.57. The lowest BCUT2D eigenvalue weighted by Gasteiger charge is -2.00. The van der Waals surface area contributed by atoms with E-state index in [1.807, 2.05) is 48.5 Å². The van der Waals surface area contributed by atoms with E-state index < -0.39 is 0 Å². The van der Waals surface area contributed by atoms with Crippen molar-refractivity contribution in [2.24, 2.45) is 0 Å². The number of aromatic nitrogens is 4. The molecule has 0 bridgehead atoms. The number of thioether (sulfide) groups is 2. The highest BCUT2D eigenvalue weighted by molar-refractivity contribution is 8.14. The van der Waals surface area contributed by atoms with Gasteiger partial charge in [-0.1, -0.05) is 54.2 Å². The van der Waals surface area contributed by atoms with Crippen molar-refractivity contribution in [3.05, 3.63) is 60.2 Å². The summed E-state index contributed by atoms with van der Waals surface area (Å²) in [5.41, 5.74) is 3.37. The van der Waals surface area contributed by atoms with Gasteiger partial charge in [-0.2, -0.15) is 0 Å². The number of unbranched alkanes of at least 4 members (excludes halogenated alkanes) is 2. The van der Waals surface area contributed by atoms with Gasteiger partial charge in [-0.3, -0.25) is 9.59 Å². The zero-order valence-electron chi connectivity index (χ0n) is 15.7. The highest BCUT2D eigenvalue weighted by atomic mass is 32.2. The molecule has 2 heterocycles. The fourth-order valence-corrected chi connectivity index (χ4v) is 4.48. The third-order valence-corrected chi connectivity index (χ3v) is 6.32. The maximum Gasteiger partial charge on any atom is 0.254 e. The van der Waals surface area contributed by atoms with Crippen molar-refractivity contribution in [3.8, 4) is 0 Å². The van der Waals surface area contributed by atoms with E-state index in [0.717, 1.165) is 52.8 Å². The van der Waals surface area contributed by atoms with Crippen LogP contribution in [-0.2, 0) is 0 Å². The molecule has 2 aromatic carbocycles. The lowest BCUT2D eigenvalue weighted by molar-refractivity contribution is 0.107. The van der Waals surface area contributed by atoms with E-state index in [1.165, 1.54) is 23.5 Å². The molecule has 0 saturated heterocycles. The average Bonchev–Trinajstić information content (AvgIpc) is 3.37. The molecule has 4 aromatic rings. The third-order valence-electron chi connectivity index (χ3n) is 4.42. The van der Waals surface area contributed by atoms with Crippen LogP contribution in [0, 0.1) is 0 Å². The number of rotatable bonds is 8. The number of carbonyl (C=O) groups excluding carboxylic acids is 2. The molecule has 0 atom stereocenters. The summed E-state index contributed by atoms with van der Waals surface area (Å²) in [6.45, 7) is 0. The van der Waals surface area contributed by atoms with Gasteiger partial charge in [0.15, 0.2) is 11.6 Å². The van der Waals surface area contributed by atoms with Gasteiger partial charge in [0.1, 0.15) is 0 Å². The van der Waals surface area contributed by atoms with E-state index in [9.17, 15) is 9.59 Å². The molecule has 0 aliphatic carbocycles. The van der Waals surface area contributed by atoms with Crippen molar-refractivity contribution < 1.29 is 9.59 Å². The zero-order valence-corrected chi connectivity index (χ0v) is 17.3. The van der Waals surface area contributed by atoms with Gasteiger partial charge >= 0.3 is 0 Å². The molecule has 0 spiro atoms. The lowest BCUT2D eigenvalue weighted by atomic mass is 10.3. The highest BCUT2D eigenvalue weighted by Gasteiger charge is 2.13. The summed E-state index contributed by atoms with van der Waals surface area (Å²) in [4.78, 5) is 39.3. The minimum Gasteiger partial charge on any atom is -0.335 e. The number of para-hydroxylation sites is 4. The topological polar surface area (TPSA) is 91.5 Å². The van der Waals surface area contributed by atoms with Crippen LogP contribution in [0.15, 0.2) is 48.5 Å². The number of hydrogen-bond acceptors (Lipinski definition) is 6. The average molecular weight is 425 g/mol. The van der Waals surface area contributed by atoms with Gasteiger partial charge in [0.05, 0.1) is 22.1 Å². The zero-order chi connectivity index (χ0) is 20.1. The number of imidazole rings is 2. The predicted octanol–water partition coefficient (Wildman–Crippen LogP) is 5.06. The van der Waals surface area contributed by atoms with Crippen LogP contribution in [0.25, 0.3) is 22.1 Å². The van der Waals surface area contributed by atoms with E-state index in [2.05, 4.69) is 19.9 Å². The maximum absolute atomic E-state index is 12.2. The summed E-state index contributed by atoms with van der Waals surface area (Å²) in [7, 11) is 0. The van der Waals surface area contributed by atoms with E-state index in [-0.39, 0.29) is 10.2 Å². The van der Waals surface area contributed by atoms with Crippen molar-refractivity contribution in [2.45, 2.75) is 19.3 Å². The van der Waals surface area contributed by atoms with Gasteiger partial charge in [-0.15, -0.1) is 0 Å². The van der Waals surface area contributed by atoms with Crippen LogP contribution < -0.4 is 0 Å². The molecule has 0 aliphatic heterocycles. The number of fused-ring (bicyclic) bond motifs is 2. The van der Waals surface area contributed by atoms with Crippen molar-refractivity contribution in [1.29, 1.82) is 0 Å². The Hall–Kier alpha value is -2.58. The second-order valence-electron chi connectivity index (χ2n) is 6.54. The first kappa shape index (κ1) is 19.7. The molecule has 0 saturated carbocycles. The van der Waals surface area contributed by atoms with Crippen LogP contribution in [0.3, 0.4) is 0 Å². The Morgan fingerprint density at radius 3 is 1.59 bits per heavy atom. The van der Waals surface area contributed by atoms with Gasteiger partial charge in [0, 0.05) is 11.5 Å². The molecule has 148 valence electrons. The number of nitrogens with zero attached hydrogens (tertiary/aromatic N) is 2. The Bertz CT molecular complexity index is 996. The second-order valence-corrected chi connectivity index (χ2v) is 8.67. The first-order valence-corrected chi connectivity index (χ1v) is 11.4. The first-order valence-electron chi connectivity index (χ1n) is 9.44. The summed E-state index contributed by atoms with van der Waals surface area (Å²) in [5, 5.41) is -0.0636. The minimum atomic E-state index is -0.0318. The molecule has 2 aromatic heterocycles. The molecular formula is C21H20N4O2S2. The van der Waals surface area contributed by atoms with Crippen LogP contribution in [0.1, 0.15) is 40.5 Å². The number of nitrogens with one attached hydrogen (secondary N) is 2. The number of H-pyrrole nitrogens is 2. The van der Waals surface area contributed by atoms with Crippen LogP contribution in [0.5, 0.6) is 0 Å². The molecule has 0 unspecified atom stereocenters. The number of benzene rings is 2. The maximum atomic E-state index is 12.2. The molecule has 2 N–H and O–H groups in total. The monoisotopic (exact) mass is 424 g/mol. The van der Waals surface area contributed by atoms with Crippen LogP contribution >= 0.6 is 23.5 Å². The molecule has 0 amide bonds. The molecule has 6 nitrogen and oxygen atoms in total. The lowest BCUT2D eigenvalue weighted by Crippen LogP contribution is -1.99. The molecule has 0 fully saturated rings. The molecule has 0 radical (unpaired) electrons. The van der Waals surface area contributed by atoms with Crippen molar-refractivity contribution in [2.75, 3.05) is 11.5 Å². The Kier molecular flexibility index (Phi) is 6.31. The largest absolute Gasteiger partial charge is 0.335 e. The fraction of sp³-hybridized carbons (Fsp3) is 0.238. The Morgan fingerprint density at radius 1 is 0.690 bits per heavy atom. The Balaban J connectivity index is 1.14. The Labute approximate surface area is 176 Å². The first-order chi connectivity index (χ1) is 14.2. The minimum absolute atomic E-state index is 0.0318. The second kappa shape index (κ2) is 9.28. The van der Waals surface area contributed by atoms with Gasteiger partial charge in [-0.25, -0.2) is 9.97 Å². The van der Waals surface area contributed by atoms with Gasteiger partial charge in [0.25, 0.3) is 10.2 Å². The Morgan fingerprint density at radius 2 is 1.14 bits per heavy atom. The van der Waals surface area contributed by atoms with Crippen molar-refractivity contribution >= 4 is 55.8 Å². The van der Waals surface area contributed by atoms with E-state index in [0.29, 0.717) is 11.6 Å². The normalized spacial score (nSPS) is 11.3. The van der Waals surface area contributed by atoms with E-state index >= 15 is 0 Å². The standard InChI is InChI=1S/C21H20N4O2S2/c26-20(18-22-14-8-2-3-9-15(14)23-18)28-12-6-1-7-13-29-21(27)19-24-16-10-4-5-11-17(16)25-19/h2-5,8-11H,1,6-7,12-13H2,(H,22,23)(H,24,25). The molecule has 4 rings (SSSR count). The smallest absolute Gasteiger partial charge is 0.254 e. The van der Waals surface area contributed by atoms with Gasteiger partial charge < -0.3 is 9.97 Å². The quantitative estimate of drug-likeness (QED) is 0.384. The third kappa shape index (κ3) is 4.89. The van der Waals surface area contributed by atoms with Gasteiger partial charge in [0.2, 0.25) is 0 Å². The number of hydrogen-bond donors (Lipinski definition) is 2. The van der Waals surface area contributed by atoms with Crippen LogP contribution in [-0.4, -0.2) is 41.7 Å². The van der Waals surface area contributed by atoms with E-state index in [4.69, 9.17) is 0 Å². The summed E-state index contributed by atoms with van der Waals surface area (Å²) in [6.07, 6.45) is 2.83. The molecular weight excluding hydrogens is 404 g/mol. The fourth-order valence-electron chi connectivity index (χ4n) is 2.95. The summed E-state index contributed by atoms with van der Waals surface area (Å²) < 4.78 is 0. The SMILES string of the molecule is O=C(SCCCCCSC(=O)c1nc2ccccc2[nH]1)c1nc2ccccc2[nH]1. The van der Waals surface area contributed by atoms with Crippen molar-refractivity contribution in [1.82, 2.24) is 19.9 Å².